The molecular formula is C8H10N4S. The molecule has 0 saturated carbocycles. The number of aryl methyl sites for hydroxylation is 1. The molecule has 0 saturated heterocycles. The predicted molar refractivity (Wildman–Crippen MR) is 52.2 cm³/mol. The molecule has 0 fully saturated rings. The minimum atomic E-state index is 0.546. The van der Waals surface area contributed by atoms with Gasteiger partial charge in [-0.15, -0.1) is 11.3 Å². The molecule has 2 N–H and O–H groups in total. The molecule has 13 heavy (non-hydrogen) atoms. The summed E-state index contributed by atoms with van der Waals surface area (Å²) in [7, 11) is 1.89. The van der Waals surface area contributed by atoms with E-state index in [-0.39, 0.29) is 0 Å². The first-order valence-corrected chi connectivity index (χ1v) is 4.76. The molecule has 2 aromatic heterocycles. The van der Waals surface area contributed by atoms with Crippen LogP contribution in [-0.2, 0) is 13.6 Å². The maximum Gasteiger partial charge on any atom is 0.143 e. The highest BCUT2D eigenvalue weighted by Gasteiger charge is 2.05. The van der Waals surface area contributed by atoms with Crippen molar-refractivity contribution in [3.8, 4) is 10.7 Å². The molecule has 68 valence electrons. The molecular weight excluding hydrogens is 184 g/mol. The molecule has 2 aromatic rings. The van der Waals surface area contributed by atoms with Crippen LogP contribution in [0.4, 0.5) is 0 Å². The Hall–Kier alpha value is -1.20. The van der Waals surface area contributed by atoms with Gasteiger partial charge in [0.2, 0.25) is 0 Å². The third kappa shape index (κ3) is 1.61. The summed E-state index contributed by atoms with van der Waals surface area (Å²) in [5, 5.41) is 5.18. The van der Waals surface area contributed by atoms with Crippen LogP contribution in [0.2, 0.25) is 0 Å². The minimum Gasteiger partial charge on any atom is -0.326 e. The normalized spacial score (nSPS) is 10.6. The van der Waals surface area contributed by atoms with Crippen LogP contribution >= 0.6 is 11.3 Å². The summed E-state index contributed by atoms with van der Waals surface area (Å²) in [6.07, 6.45) is 3.70. The molecule has 0 aliphatic carbocycles. The van der Waals surface area contributed by atoms with E-state index in [1.807, 2.05) is 19.3 Å². The van der Waals surface area contributed by atoms with E-state index in [1.54, 1.807) is 22.2 Å². The van der Waals surface area contributed by atoms with Crippen molar-refractivity contribution in [2.75, 3.05) is 0 Å². The fourth-order valence-electron chi connectivity index (χ4n) is 1.05. The van der Waals surface area contributed by atoms with Crippen molar-refractivity contribution in [3.63, 3.8) is 0 Å². The van der Waals surface area contributed by atoms with E-state index in [2.05, 4.69) is 10.1 Å². The summed E-state index contributed by atoms with van der Waals surface area (Å²) < 4.78 is 1.76. The van der Waals surface area contributed by atoms with Gasteiger partial charge in [-0.3, -0.25) is 4.68 Å². The number of thiazole rings is 1. The number of aromatic nitrogens is 3. The summed E-state index contributed by atoms with van der Waals surface area (Å²) in [4.78, 5) is 5.32. The summed E-state index contributed by atoms with van der Waals surface area (Å²) >= 11 is 1.59. The second-order valence-electron chi connectivity index (χ2n) is 2.71. The Balaban J connectivity index is 2.35. The van der Waals surface area contributed by atoms with E-state index in [4.69, 9.17) is 5.73 Å². The number of rotatable bonds is 2. The van der Waals surface area contributed by atoms with Crippen molar-refractivity contribution in [2.45, 2.75) is 6.54 Å². The quantitative estimate of drug-likeness (QED) is 0.776. The van der Waals surface area contributed by atoms with Gasteiger partial charge in [-0.05, 0) is 6.07 Å². The molecule has 0 amide bonds. The van der Waals surface area contributed by atoms with Crippen LogP contribution in [0.5, 0.6) is 0 Å². The minimum absolute atomic E-state index is 0.546. The van der Waals surface area contributed by atoms with Crippen LogP contribution in [0.25, 0.3) is 10.7 Å². The Bertz CT molecular complexity index is 404. The standard InChI is InChI=1S/C8H10N4S/c1-12-3-2-7(11-12)8-10-5-6(4-9)13-8/h2-3,5H,4,9H2,1H3. The Morgan fingerprint density at radius 2 is 2.46 bits per heavy atom. The van der Waals surface area contributed by atoms with E-state index in [0.717, 1.165) is 15.6 Å². The fraction of sp³-hybridized carbons (Fsp3) is 0.250. The van der Waals surface area contributed by atoms with Gasteiger partial charge in [-0.25, -0.2) is 4.98 Å². The first-order chi connectivity index (χ1) is 6.29. The van der Waals surface area contributed by atoms with Gasteiger partial charge in [0.05, 0.1) is 0 Å². The molecule has 5 heteroatoms. The monoisotopic (exact) mass is 194 g/mol. The molecule has 0 bridgehead atoms. The van der Waals surface area contributed by atoms with Crippen molar-refractivity contribution in [3.05, 3.63) is 23.3 Å². The second-order valence-corrected chi connectivity index (χ2v) is 3.83. The Morgan fingerprint density at radius 3 is 3.00 bits per heavy atom. The predicted octanol–water partition coefficient (Wildman–Crippen LogP) is 1.00. The summed E-state index contributed by atoms with van der Waals surface area (Å²) in [5.41, 5.74) is 6.40. The van der Waals surface area contributed by atoms with E-state index in [1.165, 1.54) is 0 Å². The fourth-order valence-corrected chi connectivity index (χ4v) is 1.81. The zero-order valence-corrected chi connectivity index (χ0v) is 8.08. The van der Waals surface area contributed by atoms with Crippen LogP contribution in [0.1, 0.15) is 4.88 Å². The Morgan fingerprint density at radius 1 is 1.62 bits per heavy atom. The smallest absolute Gasteiger partial charge is 0.143 e. The topological polar surface area (TPSA) is 56.7 Å². The van der Waals surface area contributed by atoms with Crippen molar-refractivity contribution >= 4 is 11.3 Å². The molecule has 0 aromatic carbocycles. The molecule has 0 spiro atoms. The lowest BCUT2D eigenvalue weighted by Crippen LogP contribution is -1.91. The number of nitrogens with two attached hydrogens (primary N) is 1. The molecule has 0 unspecified atom stereocenters. The van der Waals surface area contributed by atoms with Gasteiger partial charge in [0.1, 0.15) is 10.7 Å². The summed E-state index contributed by atoms with van der Waals surface area (Å²) in [6.45, 7) is 0.546. The van der Waals surface area contributed by atoms with Crippen molar-refractivity contribution < 1.29 is 0 Å². The van der Waals surface area contributed by atoms with Crippen LogP contribution < -0.4 is 5.73 Å². The van der Waals surface area contributed by atoms with Gasteiger partial charge < -0.3 is 5.73 Å². The Labute approximate surface area is 80.0 Å². The third-order valence-electron chi connectivity index (χ3n) is 1.69. The largest absolute Gasteiger partial charge is 0.326 e. The highest BCUT2D eigenvalue weighted by Crippen LogP contribution is 2.22. The van der Waals surface area contributed by atoms with Gasteiger partial charge in [-0.2, -0.15) is 5.10 Å². The van der Waals surface area contributed by atoms with Gasteiger partial charge in [0.25, 0.3) is 0 Å². The van der Waals surface area contributed by atoms with Crippen LogP contribution in [0.3, 0.4) is 0 Å². The highest BCUT2D eigenvalue weighted by molar-refractivity contribution is 7.14. The van der Waals surface area contributed by atoms with Gasteiger partial charge >= 0.3 is 0 Å². The zero-order valence-electron chi connectivity index (χ0n) is 7.27. The Kier molecular flexibility index (Phi) is 2.12. The van der Waals surface area contributed by atoms with E-state index in [0.29, 0.717) is 6.54 Å². The van der Waals surface area contributed by atoms with Crippen molar-refractivity contribution in [1.29, 1.82) is 0 Å². The SMILES string of the molecule is Cn1ccc(-c2ncc(CN)s2)n1. The first-order valence-electron chi connectivity index (χ1n) is 3.94. The number of hydrogen-bond donors (Lipinski definition) is 1. The van der Waals surface area contributed by atoms with Gasteiger partial charge in [0.15, 0.2) is 0 Å². The molecule has 0 aliphatic heterocycles. The summed E-state index contributed by atoms with van der Waals surface area (Å²) in [6, 6.07) is 1.94. The maximum absolute atomic E-state index is 5.49. The van der Waals surface area contributed by atoms with Crippen molar-refractivity contribution in [2.24, 2.45) is 12.8 Å². The molecule has 0 aliphatic rings. The summed E-state index contributed by atoms with van der Waals surface area (Å²) in [5.74, 6) is 0. The lowest BCUT2D eigenvalue weighted by atomic mass is 10.5. The van der Waals surface area contributed by atoms with Crippen LogP contribution in [0, 0.1) is 0 Å². The third-order valence-corrected chi connectivity index (χ3v) is 2.73. The zero-order chi connectivity index (χ0) is 9.26. The van der Waals surface area contributed by atoms with Crippen LogP contribution in [0.15, 0.2) is 18.5 Å². The maximum atomic E-state index is 5.49. The lowest BCUT2D eigenvalue weighted by molar-refractivity contribution is 0.770. The second kappa shape index (κ2) is 3.27. The van der Waals surface area contributed by atoms with Gasteiger partial charge in [-0.1, -0.05) is 0 Å². The van der Waals surface area contributed by atoms with Gasteiger partial charge in [0, 0.05) is 30.9 Å². The number of hydrogen-bond acceptors (Lipinski definition) is 4. The average Bonchev–Trinajstić information content (AvgIpc) is 2.71. The first kappa shape index (κ1) is 8.40. The average molecular weight is 194 g/mol. The number of nitrogens with zero attached hydrogens (tertiary/aromatic N) is 3. The van der Waals surface area contributed by atoms with E-state index in [9.17, 15) is 0 Å². The molecule has 0 radical (unpaired) electrons. The highest BCUT2D eigenvalue weighted by atomic mass is 32.1. The van der Waals surface area contributed by atoms with E-state index < -0.39 is 0 Å². The van der Waals surface area contributed by atoms with E-state index >= 15 is 0 Å². The lowest BCUT2D eigenvalue weighted by Gasteiger charge is -1.87. The van der Waals surface area contributed by atoms with Crippen molar-refractivity contribution in [1.82, 2.24) is 14.8 Å². The molecule has 2 heterocycles. The molecule has 4 nitrogen and oxygen atoms in total. The molecule has 0 atom stereocenters. The molecule has 2 rings (SSSR count). The van der Waals surface area contributed by atoms with Crippen LogP contribution in [-0.4, -0.2) is 14.8 Å².